The van der Waals surface area contributed by atoms with Crippen molar-refractivity contribution in [3.05, 3.63) is 54.3 Å². The van der Waals surface area contributed by atoms with Crippen molar-refractivity contribution in [1.29, 1.82) is 0 Å². The highest BCUT2D eigenvalue weighted by Gasteiger charge is 2.39. The normalized spacial score (nSPS) is 17.8. The van der Waals surface area contributed by atoms with Crippen molar-refractivity contribution in [2.45, 2.75) is 23.5 Å². The molecule has 0 radical (unpaired) electrons. The van der Waals surface area contributed by atoms with Gasteiger partial charge in [-0.2, -0.15) is 8.42 Å². The Labute approximate surface area is 183 Å². The summed E-state index contributed by atoms with van der Waals surface area (Å²) in [5, 5.41) is 1.86. The fourth-order valence-electron chi connectivity index (χ4n) is 2.84. The minimum absolute atomic E-state index is 0.0176. The summed E-state index contributed by atoms with van der Waals surface area (Å²) in [6, 6.07) is 11.0. The molecule has 2 aromatic carbocycles. The van der Waals surface area contributed by atoms with Crippen molar-refractivity contribution < 1.29 is 27.1 Å². The van der Waals surface area contributed by atoms with Crippen LogP contribution in [0.15, 0.2) is 57.8 Å². The summed E-state index contributed by atoms with van der Waals surface area (Å²) in [4.78, 5) is 26.1. The summed E-state index contributed by atoms with van der Waals surface area (Å²) in [6.45, 7) is 1.87. The third-order valence-corrected chi connectivity index (χ3v) is 6.94. The molecule has 0 spiro atoms. The van der Waals surface area contributed by atoms with E-state index >= 15 is 0 Å². The third-order valence-electron chi connectivity index (χ3n) is 4.37. The van der Waals surface area contributed by atoms with Crippen LogP contribution in [0.2, 0.25) is 0 Å². The highest BCUT2D eigenvalue weighted by Crippen LogP contribution is 2.31. The molecule has 1 aliphatic heterocycles. The molecule has 1 aliphatic rings. The number of rotatable bonds is 7. The van der Waals surface area contributed by atoms with Crippen LogP contribution in [-0.2, 0) is 19.6 Å². The molecule has 0 saturated carbocycles. The number of carbonyl (C=O) groups is 2. The second-order valence-electron chi connectivity index (χ2n) is 6.48. The molecule has 3 rings (SSSR count). The number of amides is 2. The van der Waals surface area contributed by atoms with Crippen LogP contribution in [0.5, 0.6) is 5.75 Å². The molecular weight excluding hydrogens is 445 g/mol. The zero-order valence-corrected chi connectivity index (χ0v) is 18.4. The Morgan fingerprint density at radius 1 is 1.26 bits per heavy atom. The molecule has 11 heteroatoms. The van der Waals surface area contributed by atoms with Crippen LogP contribution < -0.4 is 10.1 Å². The number of thioether (sulfide) groups is 1. The van der Waals surface area contributed by atoms with E-state index in [-0.39, 0.29) is 23.0 Å². The first kappa shape index (κ1) is 22.8. The van der Waals surface area contributed by atoms with Gasteiger partial charge in [0.05, 0.1) is 12.0 Å². The van der Waals surface area contributed by atoms with E-state index in [9.17, 15) is 22.4 Å². The summed E-state index contributed by atoms with van der Waals surface area (Å²) in [5.74, 6) is -0.810. The van der Waals surface area contributed by atoms with Gasteiger partial charge in [0, 0.05) is 24.7 Å². The first-order chi connectivity index (χ1) is 14.7. The van der Waals surface area contributed by atoms with E-state index in [1.807, 2.05) is 0 Å². The van der Waals surface area contributed by atoms with Gasteiger partial charge in [0.25, 0.3) is 10.0 Å². The molecule has 1 atom stereocenters. The molecule has 1 unspecified atom stereocenters. The molecule has 1 fully saturated rings. The number of amidine groups is 1. The minimum atomic E-state index is -4.14. The largest absolute Gasteiger partial charge is 0.497 e. The number of halogens is 1. The fraction of sp³-hybridized carbons (Fsp3) is 0.250. The van der Waals surface area contributed by atoms with Crippen molar-refractivity contribution in [2.24, 2.45) is 4.40 Å². The zero-order valence-electron chi connectivity index (χ0n) is 16.7. The van der Waals surface area contributed by atoms with Crippen LogP contribution in [0, 0.1) is 5.82 Å². The van der Waals surface area contributed by atoms with Gasteiger partial charge in [0.15, 0.2) is 5.17 Å². The molecule has 31 heavy (non-hydrogen) atoms. The number of sulfonamides is 1. The van der Waals surface area contributed by atoms with Gasteiger partial charge < -0.3 is 10.1 Å². The summed E-state index contributed by atoms with van der Waals surface area (Å²) in [6.07, 6.45) is -0.160. The molecule has 0 aliphatic carbocycles. The Balaban J connectivity index is 1.75. The van der Waals surface area contributed by atoms with Gasteiger partial charge in [-0.3, -0.25) is 14.5 Å². The number of nitrogens with one attached hydrogen (secondary N) is 1. The van der Waals surface area contributed by atoms with Gasteiger partial charge in [-0.15, -0.1) is 4.40 Å². The van der Waals surface area contributed by atoms with Gasteiger partial charge >= 0.3 is 0 Å². The van der Waals surface area contributed by atoms with Crippen LogP contribution in [0.25, 0.3) is 0 Å². The van der Waals surface area contributed by atoms with Crippen LogP contribution in [0.4, 0.5) is 10.1 Å². The Bertz CT molecular complexity index is 1120. The summed E-state index contributed by atoms with van der Waals surface area (Å²) < 4.78 is 47.0. The molecule has 164 valence electrons. The molecule has 1 heterocycles. The van der Waals surface area contributed by atoms with Crippen LogP contribution in [0.1, 0.15) is 13.3 Å². The molecule has 0 aromatic heterocycles. The predicted octanol–water partition coefficient (Wildman–Crippen LogP) is 2.87. The molecular formula is C20H20FN3O5S2. The average molecular weight is 466 g/mol. The fourth-order valence-corrected chi connectivity index (χ4v) is 5.26. The number of methoxy groups -OCH3 is 1. The van der Waals surface area contributed by atoms with E-state index in [0.717, 1.165) is 36.0 Å². The lowest BCUT2D eigenvalue weighted by Gasteiger charge is -2.13. The second-order valence-corrected chi connectivity index (χ2v) is 9.25. The highest BCUT2D eigenvalue weighted by atomic mass is 32.2. The summed E-state index contributed by atoms with van der Waals surface area (Å²) in [7, 11) is -2.63. The first-order valence-corrected chi connectivity index (χ1v) is 11.6. The lowest BCUT2D eigenvalue weighted by molar-refractivity contribution is -0.128. The Hall–Kier alpha value is -2.92. The van der Waals surface area contributed by atoms with Crippen LogP contribution in [-0.4, -0.2) is 49.2 Å². The Kier molecular flexibility index (Phi) is 6.96. The van der Waals surface area contributed by atoms with Gasteiger partial charge in [-0.25, -0.2) is 4.39 Å². The van der Waals surface area contributed by atoms with E-state index in [1.54, 1.807) is 31.2 Å². The SMILES string of the molecule is CCN1C(=O)C(CC(=O)Nc2cccc(OC)c2)S/C1=N\S(=O)(=O)c1ccc(F)cc1. The zero-order chi connectivity index (χ0) is 22.6. The number of hydrogen-bond acceptors (Lipinski definition) is 6. The molecule has 2 amide bonds. The van der Waals surface area contributed by atoms with Gasteiger partial charge in [-0.1, -0.05) is 17.8 Å². The molecule has 1 saturated heterocycles. The monoisotopic (exact) mass is 465 g/mol. The molecule has 1 N–H and O–H groups in total. The summed E-state index contributed by atoms with van der Waals surface area (Å²) in [5.41, 5.74) is 0.514. The number of anilines is 1. The van der Waals surface area contributed by atoms with Crippen LogP contribution in [0.3, 0.4) is 0 Å². The van der Waals surface area contributed by atoms with Crippen LogP contribution >= 0.6 is 11.8 Å². The predicted molar refractivity (Wildman–Crippen MR) is 116 cm³/mol. The number of nitrogens with zero attached hydrogens (tertiary/aromatic N) is 2. The maximum absolute atomic E-state index is 13.1. The minimum Gasteiger partial charge on any atom is -0.497 e. The quantitative estimate of drug-likeness (QED) is 0.674. The van der Waals surface area contributed by atoms with Crippen molar-refractivity contribution in [3.63, 3.8) is 0 Å². The molecule has 8 nitrogen and oxygen atoms in total. The second kappa shape index (κ2) is 9.48. The number of benzene rings is 2. The maximum Gasteiger partial charge on any atom is 0.284 e. The van der Waals surface area contributed by atoms with E-state index in [0.29, 0.717) is 11.4 Å². The Morgan fingerprint density at radius 2 is 1.97 bits per heavy atom. The van der Waals surface area contributed by atoms with E-state index in [4.69, 9.17) is 4.74 Å². The Morgan fingerprint density at radius 3 is 2.61 bits per heavy atom. The van der Waals surface area contributed by atoms with Gasteiger partial charge in [0.1, 0.15) is 16.8 Å². The number of ether oxygens (including phenoxy) is 1. The number of carbonyl (C=O) groups excluding carboxylic acids is 2. The van der Waals surface area contributed by atoms with Gasteiger partial charge in [-0.05, 0) is 43.3 Å². The topological polar surface area (TPSA) is 105 Å². The number of hydrogen-bond donors (Lipinski definition) is 1. The maximum atomic E-state index is 13.1. The van der Waals surface area contributed by atoms with Crippen molar-refractivity contribution in [1.82, 2.24) is 4.90 Å². The molecule has 2 aromatic rings. The third kappa shape index (κ3) is 5.42. The average Bonchev–Trinajstić information content (AvgIpc) is 3.01. The van der Waals surface area contributed by atoms with Crippen molar-refractivity contribution in [3.8, 4) is 5.75 Å². The van der Waals surface area contributed by atoms with Crippen molar-refractivity contribution in [2.75, 3.05) is 19.0 Å². The summed E-state index contributed by atoms with van der Waals surface area (Å²) >= 11 is 0.910. The van der Waals surface area contributed by atoms with Gasteiger partial charge in [0.2, 0.25) is 11.8 Å². The van der Waals surface area contributed by atoms with E-state index < -0.39 is 32.9 Å². The van der Waals surface area contributed by atoms with Crippen molar-refractivity contribution >= 4 is 44.5 Å². The van der Waals surface area contributed by atoms with E-state index in [2.05, 4.69) is 9.71 Å². The first-order valence-electron chi connectivity index (χ1n) is 9.26. The highest BCUT2D eigenvalue weighted by molar-refractivity contribution is 8.16. The lowest BCUT2D eigenvalue weighted by Crippen LogP contribution is -2.33. The lowest BCUT2D eigenvalue weighted by atomic mass is 10.2. The standard InChI is InChI=1S/C20H20FN3O5S2/c1-3-24-19(26)17(12-18(25)22-14-5-4-6-15(11-14)29-2)30-20(24)23-31(27,28)16-9-7-13(21)8-10-16/h4-11,17H,3,12H2,1-2H3,(H,22,25)/b23-20-. The van der Waals surface area contributed by atoms with E-state index in [1.165, 1.54) is 12.0 Å². The smallest absolute Gasteiger partial charge is 0.284 e. The molecule has 0 bridgehead atoms.